The van der Waals surface area contributed by atoms with Gasteiger partial charge in [0, 0.05) is 19.6 Å². The van der Waals surface area contributed by atoms with Crippen molar-refractivity contribution in [3.8, 4) is 0 Å². The lowest BCUT2D eigenvalue weighted by molar-refractivity contribution is -0.124. The highest BCUT2D eigenvalue weighted by Gasteiger charge is 2.27. The Morgan fingerprint density at radius 3 is 2.54 bits per heavy atom. The zero-order valence-corrected chi connectivity index (χ0v) is 16.1. The second-order valence-corrected chi connectivity index (χ2v) is 8.31. The highest BCUT2D eigenvalue weighted by molar-refractivity contribution is 7.89. The van der Waals surface area contributed by atoms with Gasteiger partial charge < -0.3 is 10.1 Å². The molecule has 2 rings (SSSR count). The summed E-state index contributed by atoms with van der Waals surface area (Å²) < 4.78 is 32.0. The summed E-state index contributed by atoms with van der Waals surface area (Å²) in [6.45, 7) is 4.73. The number of ether oxygens (including phenoxy) is 1. The molecule has 1 fully saturated rings. The van der Waals surface area contributed by atoms with Crippen LogP contribution in [0, 0.1) is 6.92 Å². The number of benzene rings is 1. The Hall–Kier alpha value is -1.93. The largest absolute Gasteiger partial charge is 0.452 e. The van der Waals surface area contributed by atoms with Gasteiger partial charge in [0.1, 0.15) is 0 Å². The number of amides is 1. The van der Waals surface area contributed by atoms with Crippen molar-refractivity contribution < 1.29 is 22.7 Å². The van der Waals surface area contributed by atoms with Gasteiger partial charge in [-0.15, -0.1) is 0 Å². The number of esters is 1. The molecule has 1 aromatic rings. The van der Waals surface area contributed by atoms with Crippen molar-refractivity contribution in [2.45, 2.75) is 44.4 Å². The number of aryl methyl sites for hydroxylation is 1. The van der Waals surface area contributed by atoms with Gasteiger partial charge in [0.05, 0.1) is 10.5 Å². The molecule has 0 bridgehead atoms. The maximum Gasteiger partial charge on any atom is 0.338 e. The molecule has 1 aliphatic heterocycles. The first kappa shape index (κ1) is 20.4. The van der Waals surface area contributed by atoms with Gasteiger partial charge in [0.15, 0.2) is 6.61 Å². The Morgan fingerprint density at radius 2 is 1.88 bits per heavy atom. The van der Waals surface area contributed by atoms with Crippen LogP contribution in [0.25, 0.3) is 0 Å². The molecule has 1 amide bonds. The third-order valence-electron chi connectivity index (χ3n) is 4.29. The highest BCUT2D eigenvalue weighted by atomic mass is 32.2. The molecular weight excluding hydrogens is 356 g/mol. The van der Waals surface area contributed by atoms with Crippen LogP contribution in [0.3, 0.4) is 0 Å². The highest BCUT2D eigenvalue weighted by Crippen LogP contribution is 2.23. The maximum atomic E-state index is 12.8. The summed E-state index contributed by atoms with van der Waals surface area (Å²) in [6, 6.07) is 4.43. The molecule has 1 aliphatic rings. The van der Waals surface area contributed by atoms with E-state index in [2.05, 4.69) is 5.32 Å². The number of carbonyl (C=O) groups excluding carboxylic acids is 2. The fourth-order valence-electron chi connectivity index (χ4n) is 2.76. The van der Waals surface area contributed by atoms with Gasteiger partial charge in [-0.05, 0) is 43.9 Å². The van der Waals surface area contributed by atoms with Gasteiger partial charge in [0.25, 0.3) is 5.91 Å². The van der Waals surface area contributed by atoms with E-state index in [9.17, 15) is 18.0 Å². The van der Waals surface area contributed by atoms with Crippen LogP contribution in [0.4, 0.5) is 0 Å². The smallest absolute Gasteiger partial charge is 0.338 e. The topological polar surface area (TPSA) is 92.8 Å². The van der Waals surface area contributed by atoms with Crippen molar-refractivity contribution in [3.63, 3.8) is 0 Å². The van der Waals surface area contributed by atoms with Crippen molar-refractivity contribution in [3.05, 3.63) is 29.3 Å². The molecular formula is C18H26N2O5S. The Labute approximate surface area is 154 Å². The first-order valence-electron chi connectivity index (χ1n) is 8.91. The van der Waals surface area contributed by atoms with E-state index in [-0.39, 0.29) is 23.0 Å². The zero-order valence-electron chi connectivity index (χ0n) is 15.3. The number of carbonyl (C=O) groups is 2. The summed E-state index contributed by atoms with van der Waals surface area (Å²) >= 11 is 0. The molecule has 1 aromatic carbocycles. The van der Waals surface area contributed by atoms with Gasteiger partial charge in [-0.1, -0.05) is 19.4 Å². The van der Waals surface area contributed by atoms with Crippen molar-refractivity contribution in [1.29, 1.82) is 0 Å². The number of hydrogen-bond acceptors (Lipinski definition) is 5. The molecule has 0 spiro atoms. The fourth-order valence-corrected chi connectivity index (χ4v) is 4.30. The van der Waals surface area contributed by atoms with Crippen LogP contribution in [-0.2, 0) is 19.6 Å². The molecule has 1 N–H and O–H groups in total. The molecule has 1 saturated heterocycles. The van der Waals surface area contributed by atoms with Crippen LogP contribution in [0.1, 0.15) is 48.5 Å². The predicted octanol–water partition coefficient (Wildman–Crippen LogP) is 1.85. The van der Waals surface area contributed by atoms with E-state index in [1.165, 1.54) is 16.4 Å². The maximum absolute atomic E-state index is 12.8. The molecule has 0 aromatic heterocycles. The second kappa shape index (κ2) is 9.14. The van der Waals surface area contributed by atoms with Crippen LogP contribution < -0.4 is 5.32 Å². The molecule has 0 radical (unpaired) electrons. The molecule has 144 valence electrons. The predicted molar refractivity (Wildman–Crippen MR) is 97.4 cm³/mol. The normalized spacial score (nSPS) is 15.5. The summed E-state index contributed by atoms with van der Waals surface area (Å²) in [7, 11) is -3.63. The Bertz CT molecular complexity index is 755. The number of nitrogens with zero attached hydrogens (tertiary/aromatic N) is 1. The van der Waals surface area contributed by atoms with E-state index in [1.807, 2.05) is 6.92 Å². The average Bonchev–Trinajstić information content (AvgIpc) is 2.65. The minimum absolute atomic E-state index is 0.0763. The van der Waals surface area contributed by atoms with Crippen LogP contribution in [0.2, 0.25) is 0 Å². The number of rotatable bonds is 7. The third kappa shape index (κ3) is 5.04. The molecule has 7 nitrogen and oxygen atoms in total. The number of sulfonamides is 1. The molecule has 1 heterocycles. The first-order chi connectivity index (χ1) is 12.4. The van der Waals surface area contributed by atoms with Gasteiger partial charge in [0.2, 0.25) is 10.0 Å². The molecule has 0 unspecified atom stereocenters. The average molecular weight is 382 g/mol. The lowest BCUT2D eigenvalue weighted by atomic mass is 10.1. The molecule has 0 atom stereocenters. The second-order valence-electron chi connectivity index (χ2n) is 6.37. The van der Waals surface area contributed by atoms with Crippen molar-refractivity contribution in [2.24, 2.45) is 0 Å². The monoisotopic (exact) mass is 382 g/mol. The fraction of sp³-hybridized carbons (Fsp3) is 0.556. The van der Waals surface area contributed by atoms with E-state index in [1.54, 1.807) is 13.0 Å². The summed E-state index contributed by atoms with van der Waals surface area (Å²) in [4.78, 5) is 23.9. The van der Waals surface area contributed by atoms with Gasteiger partial charge >= 0.3 is 5.97 Å². The van der Waals surface area contributed by atoms with Crippen LogP contribution in [0.15, 0.2) is 23.1 Å². The number of nitrogens with one attached hydrogen (secondary N) is 1. The lowest BCUT2D eigenvalue weighted by Gasteiger charge is -2.26. The van der Waals surface area contributed by atoms with Crippen molar-refractivity contribution in [2.75, 3.05) is 26.2 Å². The lowest BCUT2D eigenvalue weighted by Crippen LogP contribution is -2.35. The van der Waals surface area contributed by atoms with E-state index in [0.717, 1.165) is 25.7 Å². The minimum atomic E-state index is -3.63. The first-order valence-corrected chi connectivity index (χ1v) is 10.3. The van der Waals surface area contributed by atoms with E-state index in [4.69, 9.17) is 4.74 Å². The Morgan fingerprint density at radius 1 is 1.19 bits per heavy atom. The number of hydrogen-bond donors (Lipinski definition) is 1. The van der Waals surface area contributed by atoms with E-state index in [0.29, 0.717) is 25.2 Å². The summed E-state index contributed by atoms with van der Waals surface area (Å²) in [5, 5.41) is 2.61. The number of piperidine rings is 1. The molecule has 0 saturated carbocycles. The molecule has 26 heavy (non-hydrogen) atoms. The zero-order chi connectivity index (χ0) is 19.2. The Kier molecular flexibility index (Phi) is 7.16. The van der Waals surface area contributed by atoms with Gasteiger partial charge in [-0.2, -0.15) is 4.31 Å². The SMILES string of the molecule is CCCNC(=O)COC(=O)c1cc(S(=O)(=O)N2CCCCC2)ccc1C. The third-order valence-corrected chi connectivity index (χ3v) is 6.18. The van der Waals surface area contributed by atoms with Gasteiger partial charge in [-0.25, -0.2) is 13.2 Å². The van der Waals surface area contributed by atoms with Gasteiger partial charge in [-0.3, -0.25) is 4.79 Å². The molecule has 8 heteroatoms. The van der Waals surface area contributed by atoms with Crippen LogP contribution >= 0.6 is 0 Å². The Balaban J connectivity index is 2.13. The van der Waals surface area contributed by atoms with E-state index < -0.39 is 16.0 Å². The minimum Gasteiger partial charge on any atom is -0.452 e. The van der Waals surface area contributed by atoms with Crippen LogP contribution in [0.5, 0.6) is 0 Å². The summed E-state index contributed by atoms with van der Waals surface area (Å²) in [6.07, 6.45) is 3.49. The van der Waals surface area contributed by atoms with Crippen molar-refractivity contribution in [1.82, 2.24) is 9.62 Å². The van der Waals surface area contributed by atoms with Crippen molar-refractivity contribution >= 4 is 21.9 Å². The quantitative estimate of drug-likeness (QED) is 0.727. The summed E-state index contributed by atoms with van der Waals surface area (Å²) in [5.74, 6) is -1.08. The van der Waals surface area contributed by atoms with E-state index >= 15 is 0 Å². The summed E-state index contributed by atoms with van der Waals surface area (Å²) in [5.41, 5.74) is 0.757. The molecule has 0 aliphatic carbocycles. The van der Waals surface area contributed by atoms with Crippen LogP contribution in [-0.4, -0.2) is 50.8 Å². The standard InChI is InChI=1S/C18H26N2O5S/c1-3-9-19-17(21)13-25-18(22)16-12-15(8-7-14(16)2)26(23,24)20-10-5-4-6-11-20/h7-8,12H,3-6,9-11,13H2,1-2H3,(H,19,21).